The van der Waals surface area contributed by atoms with Crippen LogP contribution in [0.2, 0.25) is 10.0 Å². The van der Waals surface area contributed by atoms with Crippen LogP contribution in [0.15, 0.2) is 47.6 Å². The number of nitrogens with zero attached hydrogens (tertiary/aromatic N) is 3. The first-order chi connectivity index (χ1) is 15.0. The van der Waals surface area contributed by atoms with Crippen molar-refractivity contribution in [3.05, 3.63) is 63.9 Å². The van der Waals surface area contributed by atoms with Gasteiger partial charge in [-0.1, -0.05) is 47.1 Å². The fourth-order valence-corrected chi connectivity index (χ4v) is 3.78. The Bertz CT molecular complexity index is 1050. The Morgan fingerprint density at radius 3 is 2.65 bits per heavy atom. The molecule has 0 fully saturated rings. The van der Waals surface area contributed by atoms with E-state index in [1.807, 2.05) is 35.9 Å². The molecule has 164 valence electrons. The van der Waals surface area contributed by atoms with Crippen molar-refractivity contribution in [3.63, 3.8) is 0 Å². The lowest BCUT2D eigenvalue weighted by Crippen LogP contribution is -2.26. The third-order valence-corrected chi connectivity index (χ3v) is 6.11. The Kier molecular flexibility index (Phi) is 8.45. The van der Waals surface area contributed by atoms with Crippen LogP contribution in [0.3, 0.4) is 0 Å². The van der Waals surface area contributed by atoms with E-state index in [1.54, 1.807) is 37.1 Å². The van der Waals surface area contributed by atoms with E-state index < -0.39 is 0 Å². The van der Waals surface area contributed by atoms with E-state index in [0.717, 1.165) is 11.0 Å². The summed E-state index contributed by atoms with van der Waals surface area (Å²) in [6.45, 7) is 0.930. The molecule has 0 aliphatic rings. The number of para-hydroxylation sites is 2. The molecule has 3 rings (SSSR count). The molecule has 0 unspecified atom stereocenters. The van der Waals surface area contributed by atoms with Gasteiger partial charge in [-0.05, 0) is 30.3 Å². The van der Waals surface area contributed by atoms with Crippen LogP contribution in [0.5, 0.6) is 11.5 Å². The van der Waals surface area contributed by atoms with Gasteiger partial charge in [-0.25, -0.2) is 0 Å². The predicted molar refractivity (Wildman–Crippen MR) is 123 cm³/mol. The number of carbonyl (C=O) groups excluding carboxylic acids is 1. The van der Waals surface area contributed by atoms with Gasteiger partial charge in [0.05, 0.1) is 23.8 Å². The summed E-state index contributed by atoms with van der Waals surface area (Å²) >= 11 is 13.4. The Morgan fingerprint density at radius 2 is 1.90 bits per heavy atom. The van der Waals surface area contributed by atoms with E-state index in [0.29, 0.717) is 52.4 Å². The summed E-state index contributed by atoms with van der Waals surface area (Å²) in [5.74, 6) is 2.68. The van der Waals surface area contributed by atoms with E-state index in [9.17, 15) is 4.79 Å². The average molecular weight is 481 g/mol. The van der Waals surface area contributed by atoms with E-state index in [-0.39, 0.29) is 5.91 Å². The van der Waals surface area contributed by atoms with Crippen LogP contribution in [0, 0.1) is 0 Å². The van der Waals surface area contributed by atoms with E-state index >= 15 is 0 Å². The Balaban J connectivity index is 1.44. The number of thioether (sulfide) groups is 1. The van der Waals surface area contributed by atoms with Crippen molar-refractivity contribution < 1.29 is 14.3 Å². The number of nitrogens with one attached hydrogen (secondary N) is 1. The van der Waals surface area contributed by atoms with E-state index in [2.05, 4.69) is 15.5 Å². The van der Waals surface area contributed by atoms with Crippen LogP contribution in [-0.4, -0.2) is 46.7 Å². The maximum Gasteiger partial charge on any atom is 0.251 e. The second-order valence-corrected chi connectivity index (χ2v) is 8.32. The van der Waals surface area contributed by atoms with Crippen molar-refractivity contribution in [2.75, 3.05) is 26.0 Å². The quantitative estimate of drug-likeness (QED) is 0.344. The largest absolute Gasteiger partial charge is 0.493 e. The standard InChI is InChI=1S/C21H22Cl2N4O3S/c1-27-19(9-10-24-20(28)14-7-8-15(22)16(23)13-14)25-26-21(27)31-12-11-30-18-6-4-3-5-17(18)29-2/h3-8,13H,9-12H2,1-2H3,(H,24,28). The zero-order chi connectivity index (χ0) is 22.2. The number of carbonyl (C=O) groups is 1. The predicted octanol–water partition coefficient (Wildman–Crippen LogP) is 4.27. The molecule has 0 bridgehead atoms. The van der Waals surface area contributed by atoms with Gasteiger partial charge in [-0.15, -0.1) is 10.2 Å². The molecular weight excluding hydrogens is 459 g/mol. The molecule has 1 aromatic heterocycles. The topological polar surface area (TPSA) is 78.3 Å². The lowest BCUT2D eigenvalue weighted by molar-refractivity contribution is 0.0954. The molecule has 0 aliphatic carbocycles. The molecule has 0 saturated carbocycles. The van der Waals surface area contributed by atoms with Crippen molar-refractivity contribution >= 4 is 40.9 Å². The lowest BCUT2D eigenvalue weighted by atomic mass is 10.2. The first kappa shape index (κ1) is 23.2. The summed E-state index contributed by atoms with van der Waals surface area (Å²) in [6.07, 6.45) is 0.550. The minimum atomic E-state index is -0.219. The molecule has 1 amide bonds. The van der Waals surface area contributed by atoms with Crippen molar-refractivity contribution in [2.24, 2.45) is 7.05 Å². The molecule has 1 N–H and O–H groups in total. The number of halogens is 2. The maximum atomic E-state index is 12.2. The SMILES string of the molecule is COc1ccccc1OCCSc1nnc(CCNC(=O)c2ccc(Cl)c(Cl)c2)n1C. The second kappa shape index (κ2) is 11.3. The first-order valence-electron chi connectivity index (χ1n) is 9.49. The van der Waals surface area contributed by atoms with Gasteiger partial charge in [0.1, 0.15) is 5.82 Å². The minimum Gasteiger partial charge on any atom is -0.493 e. The van der Waals surface area contributed by atoms with Crippen LogP contribution in [0.4, 0.5) is 0 Å². The van der Waals surface area contributed by atoms with Crippen LogP contribution in [0.25, 0.3) is 0 Å². The zero-order valence-corrected chi connectivity index (χ0v) is 19.4. The van der Waals surface area contributed by atoms with Gasteiger partial charge in [0, 0.05) is 31.3 Å². The zero-order valence-electron chi connectivity index (χ0n) is 17.1. The number of methoxy groups -OCH3 is 1. The Hall–Kier alpha value is -2.42. The van der Waals surface area contributed by atoms with Gasteiger partial charge in [0.2, 0.25) is 0 Å². The molecule has 3 aromatic rings. The highest BCUT2D eigenvalue weighted by atomic mass is 35.5. The van der Waals surface area contributed by atoms with Gasteiger partial charge in [-0.2, -0.15) is 0 Å². The maximum absolute atomic E-state index is 12.2. The van der Waals surface area contributed by atoms with Gasteiger partial charge in [-0.3, -0.25) is 4.79 Å². The van der Waals surface area contributed by atoms with Crippen LogP contribution in [0.1, 0.15) is 16.2 Å². The molecule has 31 heavy (non-hydrogen) atoms. The molecule has 1 heterocycles. The summed E-state index contributed by atoms with van der Waals surface area (Å²) < 4.78 is 13.0. The van der Waals surface area contributed by atoms with Crippen LogP contribution < -0.4 is 14.8 Å². The third kappa shape index (κ3) is 6.29. The van der Waals surface area contributed by atoms with Crippen molar-refractivity contribution in [2.45, 2.75) is 11.6 Å². The molecule has 7 nitrogen and oxygen atoms in total. The van der Waals surface area contributed by atoms with Crippen LogP contribution >= 0.6 is 35.0 Å². The Morgan fingerprint density at radius 1 is 1.13 bits per heavy atom. The number of hydrogen-bond acceptors (Lipinski definition) is 6. The fourth-order valence-electron chi connectivity index (χ4n) is 2.74. The number of rotatable bonds is 10. The van der Waals surface area contributed by atoms with Gasteiger partial charge < -0.3 is 19.4 Å². The monoisotopic (exact) mass is 480 g/mol. The molecular formula is C21H22Cl2N4O3S. The number of amides is 1. The molecule has 0 atom stereocenters. The fraction of sp³-hybridized carbons (Fsp3) is 0.286. The molecule has 10 heteroatoms. The lowest BCUT2D eigenvalue weighted by Gasteiger charge is -2.10. The third-order valence-electron chi connectivity index (χ3n) is 4.38. The molecule has 0 radical (unpaired) electrons. The van der Waals surface area contributed by atoms with Gasteiger partial charge in [0.15, 0.2) is 16.7 Å². The first-order valence-corrected chi connectivity index (χ1v) is 11.2. The second-order valence-electron chi connectivity index (χ2n) is 6.44. The smallest absolute Gasteiger partial charge is 0.251 e. The van der Waals surface area contributed by atoms with Crippen LogP contribution in [-0.2, 0) is 13.5 Å². The highest BCUT2D eigenvalue weighted by Crippen LogP contribution is 2.26. The molecule has 0 spiro atoms. The van der Waals surface area contributed by atoms with Gasteiger partial charge in [0.25, 0.3) is 5.91 Å². The summed E-state index contributed by atoms with van der Waals surface area (Å²) in [5.41, 5.74) is 0.457. The Labute approximate surface area is 195 Å². The molecule has 0 aliphatic heterocycles. The highest BCUT2D eigenvalue weighted by Gasteiger charge is 2.12. The molecule has 0 saturated heterocycles. The average Bonchev–Trinajstić information content (AvgIpc) is 3.12. The number of ether oxygens (including phenoxy) is 2. The summed E-state index contributed by atoms with van der Waals surface area (Å²) in [6, 6.07) is 12.3. The number of hydrogen-bond donors (Lipinski definition) is 1. The summed E-state index contributed by atoms with van der Waals surface area (Å²) in [5, 5.41) is 12.8. The highest BCUT2D eigenvalue weighted by molar-refractivity contribution is 7.99. The van der Waals surface area contributed by atoms with Crippen molar-refractivity contribution in [1.82, 2.24) is 20.1 Å². The van der Waals surface area contributed by atoms with Crippen molar-refractivity contribution in [1.29, 1.82) is 0 Å². The number of benzene rings is 2. The van der Waals surface area contributed by atoms with E-state index in [4.69, 9.17) is 32.7 Å². The summed E-state index contributed by atoms with van der Waals surface area (Å²) in [7, 11) is 3.52. The normalized spacial score (nSPS) is 10.7. The van der Waals surface area contributed by atoms with E-state index in [1.165, 1.54) is 0 Å². The minimum absolute atomic E-state index is 0.219. The van der Waals surface area contributed by atoms with Gasteiger partial charge >= 0.3 is 0 Å². The molecule has 2 aromatic carbocycles. The summed E-state index contributed by atoms with van der Waals surface area (Å²) in [4.78, 5) is 12.2. The number of aromatic nitrogens is 3. The van der Waals surface area contributed by atoms with Crippen molar-refractivity contribution in [3.8, 4) is 11.5 Å².